The maximum absolute atomic E-state index is 11.4. The molecule has 0 unspecified atom stereocenters. The fourth-order valence-electron chi connectivity index (χ4n) is 2.33. The van der Waals surface area contributed by atoms with E-state index in [0.29, 0.717) is 0 Å². The summed E-state index contributed by atoms with van der Waals surface area (Å²) < 4.78 is 4.54. The lowest BCUT2D eigenvalue weighted by Gasteiger charge is -2.27. The molecule has 2 atom stereocenters. The molecule has 0 fully saturated rings. The zero-order chi connectivity index (χ0) is 16.0. The van der Waals surface area contributed by atoms with Gasteiger partial charge in [0, 0.05) is 4.92 Å². The Kier molecular flexibility index (Phi) is 5.84. The van der Waals surface area contributed by atoms with Gasteiger partial charge >= 0.3 is 5.97 Å². The van der Waals surface area contributed by atoms with E-state index in [1.807, 2.05) is 6.07 Å². The third-order valence-electron chi connectivity index (χ3n) is 3.29. The normalized spacial score (nSPS) is 14.3. The molecule has 0 saturated heterocycles. The summed E-state index contributed by atoms with van der Waals surface area (Å²) in [6, 6.07) is 7.77. The lowest BCUT2D eigenvalue weighted by Crippen LogP contribution is -2.35. The zero-order valence-electron chi connectivity index (χ0n) is 12.5. The molecule has 1 N–H and O–H groups in total. The first-order chi connectivity index (χ1) is 9.74. The number of nitro groups is 1. The van der Waals surface area contributed by atoms with Gasteiger partial charge in [0.05, 0.1) is 18.6 Å². The molecule has 0 aromatic heterocycles. The molecule has 0 heterocycles. The summed E-state index contributed by atoms with van der Waals surface area (Å²) in [5.74, 6) is -1.20. The van der Waals surface area contributed by atoms with Crippen LogP contribution < -0.4 is 0 Å². The van der Waals surface area contributed by atoms with Crippen LogP contribution in [0.2, 0.25) is 0 Å². The molecule has 0 aliphatic rings. The van der Waals surface area contributed by atoms with E-state index in [1.165, 1.54) is 7.11 Å². The summed E-state index contributed by atoms with van der Waals surface area (Å²) >= 11 is 0. The Bertz CT molecular complexity index is 481. The minimum absolute atomic E-state index is 0.180. The standard InChI is InChI=1S/C15H21NO5/c1-15(2,18)10-12(11-7-5-4-6-8-11)13(16(19)20)9-14(17)21-3/h4-8,12-13,18H,9-10H2,1-3H3/t12-,13-/m1/s1. The molecular weight excluding hydrogens is 274 g/mol. The van der Waals surface area contributed by atoms with Gasteiger partial charge in [-0.3, -0.25) is 14.9 Å². The van der Waals surface area contributed by atoms with Crippen molar-refractivity contribution < 1.29 is 19.6 Å². The van der Waals surface area contributed by atoms with Crippen LogP contribution >= 0.6 is 0 Å². The van der Waals surface area contributed by atoms with E-state index in [1.54, 1.807) is 38.1 Å². The SMILES string of the molecule is COC(=O)C[C@H]([C@H](CC(C)(C)O)c1ccccc1)[N+](=O)[O-]. The van der Waals surface area contributed by atoms with Crippen molar-refractivity contribution in [2.45, 2.75) is 44.2 Å². The quantitative estimate of drug-likeness (QED) is 0.473. The number of nitrogens with zero attached hydrogens (tertiary/aromatic N) is 1. The van der Waals surface area contributed by atoms with Crippen LogP contribution in [0.5, 0.6) is 0 Å². The summed E-state index contributed by atoms with van der Waals surface area (Å²) in [7, 11) is 1.20. The van der Waals surface area contributed by atoms with Gasteiger partial charge in [-0.15, -0.1) is 0 Å². The van der Waals surface area contributed by atoms with Gasteiger partial charge < -0.3 is 9.84 Å². The molecule has 0 bridgehead atoms. The number of benzene rings is 1. The van der Waals surface area contributed by atoms with Gasteiger partial charge in [-0.25, -0.2) is 0 Å². The predicted octanol–water partition coefficient (Wildman–Crippen LogP) is 2.14. The summed E-state index contributed by atoms with van der Waals surface area (Å²) in [6.45, 7) is 3.19. The third kappa shape index (κ3) is 5.51. The number of carbonyl (C=O) groups is 1. The van der Waals surface area contributed by atoms with Crippen molar-refractivity contribution in [2.75, 3.05) is 7.11 Å². The fraction of sp³-hybridized carbons (Fsp3) is 0.533. The highest BCUT2D eigenvalue weighted by atomic mass is 16.6. The number of rotatable bonds is 7. The highest BCUT2D eigenvalue weighted by molar-refractivity contribution is 5.69. The number of ether oxygens (including phenoxy) is 1. The van der Waals surface area contributed by atoms with Crippen LogP contribution in [0.1, 0.15) is 38.2 Å². The van der Waals surface area contributed by atoms with Crippen LogP contribution in [-0.2, 0) is 9.53 Å². The van der Waals surface area contributed by atoms with Crippen molar-refractivity contribution >= 4 is 5.97 Å². The van der Waals surface area contributed by atoms with E-state index in [4.69, 9.17) is 0 Å². The monoisotopic (exact) mass is 295 g/mol. The zero-order valence-corrected chi connectivity index (χ0v) is 12.5. The van der Waals surface area contributed by atoms with Gasteiger partial charge in [0.2, 0.25) is 6.04 Å². The number of carbonyl (C=O) groups excluding carboxylic acids is 1. The molecule has 0 aliphatic heterocycles. The Morgan fingerprint density at radius 2 is 1.95 bits per heavy atom. The molecule has 1 aromatic rings. The van der Waals surface area contributed by atoms with E-state index in [2.05, 4.69) is 4.74 Å². The van der Waals surface area contributed by atoms with Gasteiger partial charge in [0.15, 0.2) is 0 Å². The Labute approximate surface area is 123 Å². The van der Waals surface area contributed by atoms with E-state index in [9.17, 15) is 20.0 Å². The Morgan fingerprint density at radius 1 is 1.38 bits per heavy atom. The van der Waals surface area contributed by atoms with Crippen LogP contribution in [0.4, 0.5) is 0 Å². The molecule has 0 saturated carbocycles. The van der Waals surface area contributed by atoms with Crippen LogP contribution in [0.25, 0.3) is 0 Å². The van der Waals surface area contributed by atoms with Gasteiger partial charge in [-0.05, 0) is 25.8 Å². The van der Waals surface area contributed by atoms with Crippen molar-refractivity contribution in [2.24, 2.45) is 0 Å². The van der Waals surface area contributed by atoms with Crippen LogP contribution in [0.15, 0.2) is 30.3 Å². The number of aliphatic hydroxyl groups is 1. The first-order valence-electron chi connectivity index (χ1n) is 6.72. The Hall–Kier alpha value is -1.95. The number of methoxy groups -OCH3 is 1. The lowest BCUT2D eigenvalue weighted by atomic mass is 9.82. The molecule has 116 valence electrons. The molecule has 0 amide bonds. The van der Waals surface area contributed by atoms with Crippen LogP contribution in [0, 0.1) is 10.1 Å². The molecule has 6 nitrogen and oxygen atoms in total. The van der Waals surface area contributed by atoms with Gasteiger partial charge in [-0.1, -0.05) is 30.3 Å². The predicted molar refractivity (Wildman–Crippen MR) is 77.5 cm³/mol. The molecule has 1 rings (SSSR count). The smallest absolute Gasteiger partial charge is 0.312 e. The Balaban J connectivity index is 3.13. The maximum Gasteiger partial charge on any atom is 0.312 e. The van der Waals surface area contributed by atoms with E-state index < -0.39 is 28.5 Å². The average molecular weight is 295 g/mol. The highest BCUT2D eigenvalue weighted by Crippen LogP contribution is 2.32. The second-order valence-corrected chi connectivity index (χ2v) is 5.67. The van der Waals surface area contributed by atoms with Crippen molar-refractivity contribution in [3.8, 4) is 0 Å². The summed E-state index contributed by atoms with van der Waals surface area (Å²) in [4.78, 5) is 22.3. The second kappa shape index (κ2) is 7.17. The number of esters is 1. The molecule has 1 aromatic carbocycles. The summed E-state index contributed by atoms with van der Waals surface area (Å²) in [5.41, 5.74) is -0.351. The van der Waals surface area contributed by atoms with Gasteiger partial charge in [0.25, 0.3) is 0 Å². The van der Waals surface area contributed by atoms with Crippen molar-refractivity contribution in [1.29, 1.82) is 0 Å². The third-order valence-corrected chi connectivity index (χ3v) is 3.29. The first kappa shape index (κ1) is 17.1. The first-order valence-corrected chi connectivity index (χ1v) is 6.72. The number of hydrogen-bond donors (Lipinski definition) is 1. The molecular formula is C15H21NO5. The minimum atomic E-state index is -1.13. The topological polar surface area (TPSA) is 89.7 Å². The highest BCUT2D eigenvalue weighted by Gasteiger charge is 2.38. The van der Waals surface area contributed by atoms with E-state index in [0.717, 1.165) is 5.56 Å². The van der Waals surface area contributed by atoms with Gasteiger partial charge in [0.1, 0.15) is 6.42 Å². The fourth-order valence-corrected chi connectivity index (χ4v) is 2.33. The molecule has 0 spiro atoms. The molecule has 0 aliphatic carbocycles. The van der Waals surface area contributed by atoms with Crippen LogP contribution in [0.3, 0.4) is 0 Å². The van der Waals surface area contributed by atoms with Crippen molar-refractivity contribution in [3.63, 3.8) is 0 Å². The van der Waals surface area contributed by atoms with Crippen molar-refractivity contribution in [3.05, 3.63) is 46.0 Å². The largest absolute Gasteiger partial charge is 0.469 e. The molecule has 6 heteroatoms. The maximum atomic E-state index is 11.4. The molecule has 21 heavy (non-hydrogen) atoms. The van der Waals surface area contributed by atoms with Gasteiger partial charge in [-0.2, -0.15) is 0 Å². The van der Waals surface area contributed by atoms with E-state index >= 15 is 0 Å². The number of hydrogen-bond acceptors (Lipinski definition) is 5. The summed E-state index contributed by atoms with van der Waals surface area (Å²) in [6.07, 6.45) is -0.140. The van der Waals surface area contributed by atoms with E-state index in [-0.39, 0.29) is 12.8 Å². The Morgan fingerprint density at radius 3 is 2.38 bits per heavy atom. The van der Waals surface area contributed by atoms with Crippen molar-refractivity contribution in [1.82, 2.24) is 0 Å². The minimum Gasteiger partial charge on any atom is -0.469 e. The lowest BCUT2D eigenvalue weighted by molar-refractivity contribution is -0.526. The molecule has 0 radical (unpaired) electrons. The van der Waals surface area contributed by atoms with Crippen LogP contribution in [-0.4, -0.2) is 34.8 Å². The second-order valence-electron chi connectivity index (χ2n) is 5.67. The average Bonchev–Trinajstić information content (AvgIpc) is 2.42. The summed E-state index contributed by atoms with van der Waals surface area (Å²) in [5, 5.41) is 21.4.